The van der Waals surface area contributed by atoms with Crippen LogP contribution in [0.15, 0.2) is 12.5 Å². The molecule has 10 heteroatoms. The monoisotopic (exact) mass is 467 g/mol. The van der Waals surface area contributed by atoms with Crippen LogP contribution in [0, 0.1) is 0 Å². The third kappa shape index (κ3) is 15.1. The fourth-order valence-electron chi connectivity index (χ4n) is 3.21. The van der Waals surface area contributed by atoms with Crippen LogP contribution in [0.5, 0.6) is 0 Å². The second-order valence-corrected chi connectivity index (χ2v) is 7.93. The smallest absolute Gasteiger partial charge is 0.305 e. The van der Waals surface area contributed by atoms with Crippen LogP contribution in [0.25, 0.3) is 0 Å². The van der Waals surface area contributed by atoms with Crippen LogP contribution < -0.4 is 16.4 Å². The van der Waals surface area contributed by atoms with Crippen molar-refractivity contribution >= 4 is 17.8 Å². The highest BCUT2D eigenvalue weighted by Gasteiger charge is 2.21. The van der Waals surface area contributed by atoms with E-state index in [-0.39, 0.29) is 63.5 Å². The van der Waals surface area contributed by atoms with E-state index in [2.05, 4.69) is 27.5 Å². The number of aromatic amines is 1. The number of nitrogens with zero attached hydrogens (tertiary/aromatic N) is 1. The molecule has 1 heterocycles. The fraction of sp³-hybridized carbons (Fsp3) is 0.739. The molecule has 33 heavy (non-hydrogen) atoms. The van der Waals surface area contributed by atoms with Crippen molar-refractivity contribution in [3.05, 3.63) is 18.2 Å². The zero-order valence-electron chi connectivity index (χ0n) is 19.9. The van der Waals surface area contributed by atoms with Crippen molar-refractivity contribution in [1.82, 2.24) is 20.6 Å². The van der Waals surface area contributed by atoms with Gasteiger partial charge < -0.3 is 30.8 Å². The number of ether oxygens (including phenoxy) is 2. The number of imidazole rings is 1. The number of amides is 2. The Bertz CT molecular complexity index is 654. The Morgan fingerprint density at radius 3 is 2.52 bits per heavy atom. The molecule has 0 bridgehead atoms. The normalized spacial score (nSPS) is 11.7. The van der Waals surface area contributed by atoms with Crippen molar-refractivity contribution < 1.29 is 23.9 Å². The topological polar surface area (TPSA) is 148 Å². The third-order valence-corrected chi connectivity index (χ3v) is 5.02. The average molecular weight is 468 g/mol. The summed E-state index contributed by atoms with van der Waals surface area (Å²) in [6, 6.07) is -0.739. The van der Waals surface area contributed by atoms with Crippen molar-refractivity contribution in [1.29, 1.82) is 0 Å². The van der Waals surface area contributed by atoms with E-state index in [1.54, 1.807) is 6.20 Å². The van der Waals surface area contributed by atoms with E-state index in [0.717, 1.165) is 18.5 Å². The third-order valence-electron chi connectivity index (χ3n) is 5.02. The minimum Gasteiger partial charge on any atom is -0.463 e. The number of unbranched alkanes of at least 4 members (excludes halogenated alkanes) is 6. The minimum absolute atomic E-state index is 0.146. The Morgan fingerprint density at radius 2 is 1.82 bits per heavy atom. The van der Waals surface area contributed by atoms with Gasteiger partial charge in [0.1, 0.15) is 12.6 Å². The van der Waals surface area contributed by atoms with Gasteiger partial charge in [0.05, 0.1) is 19.5 Å². The molecule has 0 unspecified atom stereocenters. The van der Waals surface area contributed by atoms with E-state index in [9.17, 15) is 14.4 Å². The second kappa shape index (κ2) is 19.0. The molecule has 1 atom stereocenters. The lowest BCUT2D eigenvalue weighted by Gasteiger charge is -2.18. The van der Waals surface area contributed by atoms with Gasteiger partial charge in [-0.2, -0.15) is 0 Å². The Labute approximate surface area is 196 Å². The summed E-state index contributed by atoms with van der Waals surface area (Å²) in [7, 11) is 0. The standard InChI is InChI=1S/C23H41N5O5/c1-2-3-4-5-6-7-8-9-22(30)33-15-14-32-13-12-26-23(31)20(28-21(29)10-11-24)16-19-17-25-18-27-19/h17-18,20H,2-16,24H2,1H3,(H,25,27)(H,26,31)(H,28,29)/t20-/m0/s1. The first-order chi connectivity index (χ1) is 16.1. The van der Waals surface area contributed by atoms with Crippen molar-refractivity contribution in [3.63, 3.8) is 0 Å². The summed E-state index contributed by atoms with van der Waals surface area (Å²) in [5.74, 6) is -0.804. The van der Waals surface area contributed by atoms with Crippen LogP contribution in [0.4, 0.5) is 0 Å². The molecule has 0 saturated carbocycles. The summed E-state index contributed by atoms with van der Waals surface area (Å²) in [6.45, 7) is 3.42. The lowest BCUT2D eigenvalue weighted by molar-refractivity contribution is -0.145. The Hall–Kier alpha value is -2.46. The van der Waals surface area contributed by atoms with Gasteiger partial charge in [0, 0.05) is 44.2 Å². The van der Waals surface area contributed by atoms with Gasteiger partial charge in [-0.15, -0.1) is 0 Å². The number of nitrogens with one attached hydrogen (secondary N) is 3. The van der Waals surface area contributed by atoms with Gasteiger partial charge in [-0.3, -0.25) is 14.4 Å². The van der Waals surface area contributed by atoms with Gasteiger partial charge >= 0.3 is 5.97 Å². The molecule has 10 nitrogen and oxygen atoms in total. The van der Waals surface area contributed by atoms with Crippen LogP contribution in [-0.4, -0.2) is 66.7 Å². The number of nitrogens with two attached hydrogens (primary N) is 1. The molecule has 0 aliphatic heterocycles. The average Bonchev–Trinajstić information content (AvgIpc) is 3.30. The van der Waals surface area contributed by atoms with Crippen molar-refractivity contribution in [2.45, 2.75) is 77.2 Å². The van der Waals surface area contributed by atoms with Gasteiger partial charge in [-0.05, 0) is 6.42 Å². The number of esters is 1. The molecule has 1 aromatic rings. The minimum atomic E-state index is -0.739. The van der Waals surface area contributed by atoms with Crippen LogP contribution in [-0.2, 0) is 30.3 Å². The molecule has 5 N–H and O–H groups in total. The van der Waals surface area contributed by atoms with Crippen LogP contribution in [0.3, 0.4) is 0 Å². The van der Waals surface area contributed by atoms with Gasteiger partial charge in [-0.1, -0.05) is 45.4 Å². The molecule has 1 aromatic heterocycles. The van der Waals surface area contributed by atoms with Crippen molar-refractivity contribution in [2.75, 3.05) is 32.9 Å². The Kier molecular flexibility index (Phi) is 16.5. The molecule has 0 spiro atoms. The number of hydrogen-bond acceptors (Lipinski definition) is 7. The zero-order valence-corrected chi connectivity index (χ0v) is 19.9. The maximum atomic E-state index is 12.5. The zero-order chi connectivity index (χ0) is 24.2. The van der Waals surface area contributed by atoms with Crippen molar-refractivity contribution in [3.8, 4) is 0 Å². The van der Waals surface area contributed by atoms with E-state index in [1.165, 1.54) is 38.4 Å². The highest BCUT2D eigenvalue weighted by molar-refractivity contribution is 5.87. The number of aromatic nitrogens is 2. The predicted octanol–water partition coefficient (Wildman–Crippen LogP) is 1.60. The van der Waals surface area contributed by atoms with E-state index in [4.69, 9.17) is 15.2 Å². The van der Waals surface area contributed by atoms with E-state index < -0.39 is 6.04 Å². The highest BCUT2D eigenvalue weighted by atomic mass is 16.6. The number of rotatable bonds is 20. The molecular formula is C23H41N5O5. The lowest BCUT2D eigenvalue weighted by Crippen LogP contribution is -2.49. The summed E-state index contributed by atoms with van der Waals surface area (Å²) < 4.78 is 10.6. The first-order valence-corrected chi connectivity index (χ1v) is 12.0. The summed E-state index contributed by atoms with van der Waals surface area (Å²) in [4.78, 5) is 42.9. The maximum Gasteiger partial charge on any atom is 0.305 e. The SMILES string of the molecule is CCCCCCCCCC(=O)OCCOCCNC(=O)[C@H](Cc1cnc[nH]1)NC(=O)CCN. The van der Waals surface area contributed by atoms with E-state index >= 15 is 0 Å². The van der Waals surface area contributed by atoms with Gasteiger partial charge in [0.2, 0.25) is 11.8 Å². The van der Waals surface area contributed by atoms with Gasteiger partial charge in [-0.25, -0.2) is 4.98 Å². The summed E-state index contributed by atoms with van der Waals surface area (Å²) in [5.41, 5.74) is 6.13. The van der Waals surface area contributed by atoms with Crippen LogP contribution in [0.2, 0.25) is 0 Å². The lowest BCUT2D eigenvalue weighted by atomic mass is 10.1. The summed E-state index contributed by atoms with van der Waals surface area (Å²) >= 11 is 0. The molecule has 2 amide bonds. The summed E-state index contributed by atoms with van der Waals surface area (Å²) in [6.07, 6.45) is 12.1. The van der Waals surface area contributed by atoms with Gasteiger partial charge in [0.25, 0.3) is 0 Å². The van der Waals surface area contributed by atoms with Crippen LogP contribution >= 0.6 is 0 Å². The molecule has 0 saturated heterocycles. The largest absolute Gasteiger partial charge is 0.463 e. The van der Waals surface area contributed by atoms with Gasteiger partial charge in [0.15, 0.2) is 0 Å². The number of carbonyl (C=O) groups excluding carboxylic acids is 3. The molecule has 1 rings (SSSR count). The van der Waals surface area contributed by atoms with E-state index in [1.807, 2.05) is 0 Å². The first kappa shape index (κ1) is 28.6. The molecule has 0 aromatic carbocycles. The maximum absolute atomic E-state index is 12.5. The van der Waals surface area contributed by atoms with Crippen molar-refractivity contribution in [2.24, 2.45) is 5.73 Å². The Morgan fingerprint density at radius 1 is 1.06 bits per heavy atom. The molecule has 0 fully saturated rings. The number of hydrogen-bond donors (Lipinski definition) is 4. The molecule has 0 aliphatic rings. The predicted molar refractivity (Wildman–Crippen MR) is 125 cm³/mol. The Balaban J connectivity index is 2.11. The molecule has 188 valence electrons. The summed E-state index contributed by atoms with van der Waals surface area (Å²) in [5, 5.41) is 5.43. The molecular weight excluding hydrogens is 426 g/mol. The second-order valence-electron chi connectivity index (χ2n) is 7.93. The molecule has 0 aliphatic carbocycles. The highest BCUT2D eigenvalue weighted by Crippen LogP contribution is 2.08. The number of H-pyrrole nitrogens is 1. The fourth-order valence-corrected chi connectivity index (χ4v) is 3.21. The van der Waals surface area contributed by atoms with E-state index in [0.29, 0.717) is 6.42 Å². The van der Waals surface area contributed by atoms with Crippen LogP contribution in [0.1, 0.15) is 70.4 Å². The first-order valence-electron chi connectivity index (χ1n) is 12.0. The quantitative estimate of drug-likeness (QED) is 0.168. The molecule has 0 radical (unpaired) electrons. The number of carbonyl (C=O) groups is 3.